The van der Waals surface area contributed by atoms with Gasteiger partial charge in [0, 0.05) is 0 Å². The minimum atomic E-state index is -0.635. The molecule has 0 saturated heterocycles. The first-order valence-corrected chi connectivity index (χ1v) is 5.40. The molecule has 2 heteroatoms. The monoisotopic (exact) mass is 226 g/mol. The molecule has 2 nitrogen and oxygen atoms in total. The Morgan fingerprint density at radius 1 is 1.12 bits per heavy atom. The van der Waals surface area contributed by atoms with Crippen molar-refractivity contribution in [3.8, 4) is 0 Å². The van der Waals surface area contributed by atoms with Crippen molar-refractivity contribution < 1.29 is 9.90 Å². The van der Waals surface area contributed by atoms with Gasteiger partial charge in [-0.15, -0.1) is 19.7 Å². The van der Waals surface area contributed by atoms with Crippen LogP contribution in [0.15, 0.2) is 38.0 Å². The number of aliphatic hydroxyl groups is 1. The van der Waals surface area contributed by atoms with Crippen molar-refractivity contribution in [3.05, 3.63) is 38.0 Å². The lowest BCUT2D eigenvalue weighted by Gasteiger charge is -2.18. The van der Waals surface area contributed by atoms with Crippen molar-refractivity contribution in [3.63, 3.8) is 0 Å². The van der Waals surface area contributed by atoms with Gasteiger partial charge in [-0.25, -0.2) is 0 Å². The number of rotatable bonds is 5. The van der Waals surface area contributed by atoms with Gasteiger partial charge in [0.2, 0.25) is 0 Å². The fraction of sp³-hybridized carbons (Fsp3) is 0.500. The molecule has 16 heavy (non-hydrogen) atoms. The summed E-state index contributed by atoms with van der Waals surface area (Å²) in [6.07, 6.45) is 8.38. The highest BCUT2D eigenvalue weighted by atomic mass is 16.3. The Balaban J connectivity index is -0.000000201. The van der Waals surface area contributed by atoms with Crippen molar-refractivity contribution in [1.29, 1.82) is 0 Å². The third-order valence-electron chi connectivity index (χ3n) is 1.46. The molecule has 0 heterocycles. The lowest BCUT2D eigenvalue weighted by Crippen LogP contribution is -2.21. The van der Waals surface area contributed by atoms with E-state index < -0.39 is 5.60 Å². The normalized spacial score (nSPS) is 8.50. The highest BCUT2D eigenvalue weighted by Gasteiger charge is 2.14. The molecule has 0 aromatic rings. The molecule has 0 aliphatic carbocycles. The third-order valence-corrected chi connectivity index (χ3v) is 1.46. The second-order valence-electron chi connectivity index (χ2n) is 3.42. The zero-order valence-electron chi connectivity index (χ0n) is 10.9. The Morgan fingerprint density at radius 3 is 1.50 bits per heavy atom. The molecule has 0 bridgehead atoms. The molecule has 0 atom stereocenters. The van der Waals surface area contributed by atoms with Gasteiger partial charge < -0.3 is 9.90 Å². The maximum Gasteiger partial charge on any atom is 0.116 e. The zero-order valence-corrected chi connectivity index (χ0v) is 10.9. The lowest BCUT2D eigenvalue weighted by molar-refractivity contribution is -0.106. The number of allylic oxidation sites excluding steroid dienone is 1. The molecule has 1 N–H and O–H groups in total. The van der Waals surface area contributed by atoms with Gasteiger partial charge in [0.15, 0.2) is 0 Å². The molecule has 0 fully saturated rings. The van der Waals surface area contributed by atoms with Crippen molar-refractivity contribution in [1.82, 2.24) is 0 Å². The molecule has 94 valence electrons. The summed E-state index contributed by atoms with van der Waals surface area (Å²) in [7, 11) is 0. The maximum absolute atomic E-state index is 9.37. The van der Waals surface area contributed by atoms with Crippen LogP contribution in [-0.2, 0) is 4.79 Å². The lowest BCUT2D eigenvalue weighted by atomic mass is 9.99. The average Bonchev–Trinajstić information content (AvgIpc) is 2.19. The smallest absolute Gasteiger partial charge is 0.116 e. The van der Waals surface area contributed by atoms with Crippen LogP contribution in [0.4, 0.5) is 0 Å². The van der Waals surface area contributed by atoms with Gasteiger partial charge in [-0.3, -0.25) is 0 Å². The van der Waals surface area contributed by atoms with Crippen LogP contribution in [0.2, 0.25) is 0 Å². The summed E-state index contributed by atoms with van der Waals surface area (Å²) in [5.74, 6) is 0. The summed E-state index contributed by atoms with van der Waals surface area (Å²) >= 11 is 0. The second kappa shape index (κ2) is 16.3. The Morgan fingerprint density at radius 2 is 1.38 bits per heavy atom. The molecule has 0 spiro atoms. The highest BCUT2D eigenvalue weighted by Crippen LogP contribution is 2.14. The number of carbonyl (C=O) groups is 1. The molecule has 0 rings (SSSR count). The molecule has 0 aliphatic rings. The number of aldehydes is 1. The predicted molar refractivity (Wildman–Crippen MR) is 72.5 cm³/mol. The minimum absolute atomic E-state index is 0.624. The third kappa shape index (κ3) is 29.3. The van der Waals surface area contributed by atoms with Gasteiger partial charge in [-0.1, -0.05) is 25.2 Å². The van der Waals surface area contributed by atoms with Crippen molar-refractivity contribution in [2.75, 3.05) is 0 Å². The van der Waals surface area contributed by atoms with Crippen LogP contribution in [0, 0.1) is 0 Å². The van der Waals surface area contributed by atoms with Crippen LogP contribution >= 0.6 is 0 Å². The topological polar surface area (TPSA) is 37.3 Å². The van der Waals surface area contributed by atoms with Crippen LogP contribution in [0.25, 0.3) is 0 Å². The van der Waals surface area contributed by atoms with E-state index in [9.17, 15) is 5.11 Å². The standard InChI is InChI=1S/C8H14O.C4H8.C2H4O/c1-4-6-8(3,9)7-5-2;1-3-4-2;1-2-3/h4-5,9H,1-2,6-7H2,3H3;3H,1,4H2,2H3;2H,1H3. The Hall–Kier alpha value is -1.15. The highest BCUT2D eigenvalue weighted by molar-refractivity contribution is 5.44. The van der Waals surface area contributed by atoms with E-state index in [1.165, 1.54) is 6.92 Å². The van der Waals surface area contributed by atoms with Gasteiger partial charge in [-0.2, -0.15) is 0 Å². The molecule has 0 saturated carbocycles. The first-order valence-electron chi connectivity index (χ1n) is 5.40. The van der Waals surface area contributed by atoms with E-state index in [2.05, 4.69) is 26.7 Å². The van der Waals surface area contributed by atoms with Crippen LogP contribution in [-0.4, -0.2) is 17.0 Å². The van der Waals surface area contributed by atoms with Crippen molar-refractivity contribution in [2.45, 2.75) is 45.6 Å². The summed E-state index contributed by atoms with van der Waals surface area (Å²) in [5.41, 5.74) is -0.635. The van der Waals surface area contributed by atoms with E-state index >= 15 is 0 Å². The molecule has 0 amide bonds. The van der Waals surface area contributed by atoms with E-state index in [1.807, 2.05) is 6.08 Å². The van der Waals surface area contributed by atoms with E-state index in [0.29, 0.717) is 12.8 Å². The van der Waals surface area contributed by atoms with E-state index in [4.69, 9.17) is 4.79 Å². The van der Waals surface area contributed by atoms with Crippen LogP contribution in [0.5, 0.6) is 0 Å². The first-order chi connectivity index (χ1) is 7.45. The van der Waals surface area contributed by atoms with E-state index in [0.717, 1.165) is 12.7 Å². The molecule has 0 aliphatic heterocycles. The zero-order chi connectivity index (χ0) is 13.4. The Labute approximate surface area is 100 Å². The predicted octanol–water partition coefficient (Wildman–Crippen LogP) is 3.68. The summed E-state index contributed by atoms with van der Waals surface area (Å²) in [4.78, 5) is 8.81. The van der Waals surface area contributed by atoms with E-state index in [-0.39, 0.29) is 0 Å². The molecule has 0 aromatic carbocycles. The summed E-state index contributed by atoms with van der Waals surface area (Å²) in [5, 5.41) is 9.37. The van der Waals surface area contributed by atoms with Gasteiger partial charge in [-0.05, 0) is 33.1 Å². The van der Waals surface area contributed by atoms with Gasteiger partial charge >= 0.3 is 0 Å². The van der Waals surface area contributed by atoms with Gasteiger partial charge in [0.05, 0.1) is 5.60 Å². The summed E-state index contributed by atoms with van der Waals surface area (Å²) in [6.45, 7) is 15.8. The number of hydrogen-bond acceptors (Lipinski definition) is 2. The summed E-state index contributed by atoms with van der Waals surface area (Å²) in [6, 6.07) is 0. The second-order valence-corrected chi connectivity index (χ2v) is 3.42. The van der Waals surface area contributed by atoms with Crippen LogP contribution in [0.3, 0.4) is 0 Å². The van der Waals surface area contributed by atoms with Crippen molar-refractivity contribution >= 4 is 6.29 Å². The maximum atomic E-state index is 9.37. The summed E-state index contributed by atoms with van der Waals surface area (Å²) < 4.78 is 0. The fourth-order valence-corrected chi connectivity index (χ4v) is 0.705. The molecule has 0 aromatic heterocycles. The van der Waals surface area contributed by atoms with Crippen LogP contribution in [0.1, 0.15) is 40.0 Å². The first kappa shape index (κ1) is 20.3. The quantitative estimate of drug-likeness (QED) is 0.573. The molecule has 0 radical (unpaired) electrons. The van der Waals surface area contributed by atoms with Gasteiger partial charge in [0.25, 0.3) is 0 Å². The Bertz CT molecular complexity index is 169. The van der Waals surface area contributed by atoms with Crippen molar-refractivity contribution in [2.24, 2.45) is 0 Å². The largest absolute Gasteiger partial charge is 0.390 e. The number of hydrogen-bond donors (Lipinski definition) is 1. The molecular weight excluding hydrogens is 200 g/mol. The number of carbonyl (C=O) groups excluding carboxylic acids is 1. The van der Waals surface area contributed by atoms with E-state index in [1.54, 1.807) is 19.1 Å². The molecular formula is C14H26O2. The SMILES string of the molecule is C=CCC.C=CCC(C)(O)CC=C.CC=O. The van der Waals surface area contributed by atoms with Gasteiger partial charge in [0.1, 0.15) is 6.29 Å². The Kier molecular flexibility index (Phi) is 20.6. The fourth-order valence-electron chi connectivity index (χ4n) is 0.705. The van der Waals surface area contributed by atoms with Crippen LogP contribution < -0.4 is 0 Å². The molecule has 0 unspecified atom stereocenters. The average molecular weight is 226 g/mol. The minimum Gasteiger partial charge on any atom is -0.390 e.